The molecular formula is C11H14BrNO2. The summed E-state index contributed by atoms with van der Waals surface area (Å²) in [6.45, 7) is 0. The molecule has 0 aromatic heterocycles. The van der Waals surface area contributed by atoms with Gasteiger partial charge in [-0.15, -0.1) is 0 Å². The molecule has 1 saturated carbocycles. The van der Waals surface area contributed by atoms with Gasteiger partial charge < -0.3 is 15.2 Å². The van der Waals surface area contributed by atoms with Gasteiger partial charge >= 0.3 is 0 Å². The molecular weight excluding hydrogens is 258 g/mol. The Morgan fingerprint density at radius 3 is 2.40 bits per heavy atom. The maximum Gasteiger partial charge on any atom is 0.174 e. The smallest absolute Gasteiger partial charge is 0.174 e. The third kappa shape index (κ3) is 1.84. The topological polar surface area (TPSA) is 44.5 Å². The molecule has 3 nitrogen and oxygen atoms in total. The minimum atomic E-state index is -0.151. The van der Waals surface area contributed by atoms with Gasteiger partial charge in [0.25, 0.3) is 0 Å². The third-order valence-electron chi connectivity index (χ3n) is 2.80. The minimum Gasteiger partial charge on any atom is -0.493 e. The van der Waals surface area contributed by atoms with Crippen LogP contribution >= 0.6 is 15.9 Å². The summed E-state index contributed by atoms with van der Waals surface area (Å²) in [6.07, 6.45) is 2.07. The molecule has 15 heavy (non-hydrogen) atoms. The quantitative estimate of drug-likeness (QED) is 0.919. The first-order chi connectivity index (χ1) is 7.10. The van der Waals surface area contributed by atoms with Crippen molar-refractivity contribution in [3.63, 3.8) is 0 Å². The molecule has 1 aromatic carbocycles. The van der Waals surface area contributed by atoms with Gasteiger partial charge in [-0.3, -0.25) is 0 Å². The molecule has 82 valence electrons. The number of nitrogens with two attached hydrogens (primary N) is 1. The second kappa shape index (κ2) is 3.68. The van der Waals surface area contributed by atoms with Gasteiger partial charge in [-0.2, -0.15) is 0 Å². The number of methoxy groups -OCH3 is 2. The second-order valence-corrected chi connectivity index (χ2v) is 4.70. The average Bonchev–Trinajstić information content (AvgIpc) is 2.96. The van der Waals surface area contributed by atoms with E-state index in [0.29, 0.717) is 5.75 Å². The Hall–Kier alpha value is -0.740. The van der Waals surface area contributed by atoms with Crippen LogP contribution in [0.2, 0.25) is 0 Å². The summed E-state index contributed by atoms with van der Waals surface area (Å²) in [7, 11) is 3.25. The Bertz CT molecular complexity index is 388. The zero-order chi connectivity index (χ0) is 11.1. The highest BCUT2D eigenvalue weighted by atomic mass is 79.9. The van der Waals surface area contributed by atoms with Gasteiger partial charge in [0.15, 0.2) is 11.5 Å². The molecule has 0 aliphatic heterocycles. The molecule has 4 heteroatoms. The van der Waals surface area contributed by atoms with Crippen LogP contribution in [-0.2, 0) is 5.54 Å². The summed E-state index contributed by atoms with van der Waals surface area (Å²) >= 11 is 3.46. The van der Waals surface area contributed by atoms with E-state index >= 15 is 0 Å². The fourth-order valence-electron chi connectivity index (χ4n) is 1.63. The number of halogens is 1. The van der Waals surface area contributed by atoms with E-state index in [1.807, 2.05) is 12.1 Å². The fourth-order valence-corrected chi connectivity index (χ4v) is 2.23. The van der Waals surface area contributed by atoms with Crippen LogP contribution in [0.15, 0.2) is 16.6 Å². The van der Waals surface area contributed by atoms with Crippen molar-refractivity contribution >= 4 is 15.9 Å². The van der Waals surface area contributed by atoms with Crippen LogP contribution in [0.1, 0.15) is 18.4 Å². The van der Waals surface area contributed by atoms with Crippen LogP contribution in [0.3, 0.4) is 0 Å². The molecule has 1 fully saturated rings. The number of hydrogen-bond donors (Lipinski definition) is 1. The molecule has 2 rings (SSSR count). The zero-order valence-electron chi connectivity index (χ0n) is 8.84. The normalized spacial score (nSPS) is 17.3. The van der Waals surface area contributed by atoms with E-state index in [4.69, 9.17) is 15.2 Å². The van der Waals surface area contributed by atoms with E-state index in [-0.39, 0.29) is 5.54 Å². The van der Waals surface area contributed by atoms with Crippen molar-refractivity contribution in [2.24, 2.45) is 5.73 Å². The highest BCUT2D eigenvalue weighted by Gasteiger charge is 2.40. The SMILES string of the molecule is COc1cc(C2(N)CC2)cc(Br)c1OC. The van der Waals surface area contributed by atoms with Crippen LogP contribution < -0.4 is 15.2 Å². The van der Waals surface area contributed by atoms with Crippen LogP contribution in [-0.4, -0.2) is 14.2 Å². The van der Waals surface area contributed by atoms with E-state index in [1.165, 1.54) is 0 Å². The van der Waals surface area contributed by atoms with Crippen molar-refractivity contribution < 1.29 is 9.47 Å². The predicted octanol–water partition coefficient (Wildman–Crippen LogP) is 2.41. The summed E-state index contributed by atoms with van der Waals surface area (Å²) in [5.74, 6) is 1.43. The van der Waals surface area contributed by atoms with E-state index in [1.54, 1.807) is 14.2 Å². The first-order valence-electron chi connectivity index (χ1n) is 4.81. The lowest BCUT2D eigenvalue weighted by atomic mass is 10.1. The maximum absolute atomic E-state index is 6.13. The summed E-state index contributed by atoms with van der Waals surface area (Å²) in [6, 6.07) is 3.96. The fraction of sp³-hybridized carbons (Fsp3) is 0.455. The Morgan fingerprint density at radius 1 is 1.27 bits per heavy atom. The summed E-state index contributed by atoms with van der Waals surface area (Å²) in [4.78, 5) is 0. The molecule has 0 heterocycles. The molecule has 0 bridgehead atoms. The molecule has 1 aliphatic rings. The lowest BCUT2D eigenvalue weighted by Gasteiger charge is -2.15. The number of rotatable bonds is 3. The van der Waals surface area contributed by atoms with Gasteiger partial charge in [0.1, 0.15) is 0 Å². The first kappa shape index (κ1) is 10.8. The van der Waals surface area contributed by atoms with Gasteiger partial charge in [-0.1, -0.05) is 0 Å². The Balaban J connectivity index is 2.48. The highest BCUT2D eigenvalue weighted by molar-refractivity contribution is 9.10. The van der Waals surface area contributed by atoms with Crippen molar-refractivity contribution in [1.82, 2.24) is 0 Å². The summed E-state index contributed by atoms with van der Waals surface area (Å²) in [5.41, 5.74) is 7.09. The van der Waals surface area contributed by atoms with E-state index in [0.717, 1.165) is 28.6 Å². The van der Waals surface area contributed by atoms with Gasteiger partial charge in [-0.25, -0.2) is 0 Å². The Kier molecular flexibility index (Phi) is 2.64. The summed E-state index contributed by atoms with van der Waals surface area (Å²) < 4.78 is 11.4. The van der Waals surface area contributed by atoms with Crippen molar-refractivity contribution in [2.45, 2.75) is 18.4 Å². The molecule has 1 aliphatic carbocycles. The predicted molar refractivity (Wildman–Crippen MR) is 62.3 cm³/mol. The van der Waals surface area contributed by atoms with Crippen LogP contribution in [0.4, 0.5) is 0 Å². The van der Waals surface area contributed by atoms with E-state index in [9.17, 15) is 0 Å². The van der Waals surface area contributed by atoms with Gasteiger partial charge in [0, 0.05) is 5.54 Å². The first-order valence-corrected chi connectivity index (χ1v) is 5.61. The maximum atomic E-state index is 6.13. The molecule has 0 saturated heterocycles. The second-order valence-electron chi connectivity index (χ2n) is 3.85. The minimum absolute atomic E-state index is 0.151. The third-order valence-corrected chi connectivity index (χ3v) is 3.39. The molecule has 0 radical (unpaired) electrons. The number of hydrogen-bond acceptors (Lipinski definition) is 3. The highest BCUT2D eigenvalue weighted by Crippen LogP contribution is 2.47. The lowest BCUT2D eigenvalue weighted by molar-refractivity contribution is 0.352. The molecule has 0 spiro atoms. The molecule has 0 unspecified atom stereocenters. The molecule has 0 amide bonds. The van der Waals surface area contributed by atoms with Crippen LogP contribution in [0.5, 0.6) is 11.5 Å². The standard InChI is InChI=1S/C11H14BrNO2/c1-14-9-6-7(11(13)3-4-11)5-8(12)10(9)15-2/h5-6H,3-4,13H2,1-2H3. The van der Waals surface area contributed by atoms with Gasteiger partial charge in [0.05, 0.1) is 18.7 Å². The van der Waals surface area contributed by atoms with Crippen molar-refractivity contribution in [3.05, 3.63) is 22.2 Å². The Morgan fingerprint density at radius 2 is 1.93 bits per heavy atom. The van der Waals surface area contributed by atoms with Crippen molar-refractivity contribution in [3.8, 4) is 11.5 Å². The lowest BCUT2D eigenvalue weighted by Crippen LogP contribution is -2.18. The van der Waals surface area contributed by atoms with Gasteiger partial charge in [0.2, 0.25) is 0 Å². The zero-order valence-corrected chi connectivity index (χ0v) is 10.4. The average molecular weight is 272 g/mol. The van der Waals surface area contributed by atoms with Crippen LogP contribution in [0, 0.1) is 0 Å². The number of benzene rings is 1. The van der Waals surface area contributed by atoms with Crippen molar-refractivity contribution in [1.29, 1.82) is 0 Å². The summed E-state index contributed by atoms with van der Waals surface area (Å²) in [5, 5.41) is 0. The number of ether oxygens (including phenoxy) is 2. The van der Waals surface area contributed by atoms with Crippen LogP contribution in [0.25, 0.3) is 0 Å². The van der Waals surface area contributed by atoms with E-state index in [2.05, 4.69) is 15.9 Å². The van der Waals surface area contributed by atoms with E-state index < -0.39 is 0 Å². The molecule has 2 N–H and O–H groups in total. The monoisotopic (exact) mass is 271 g/mol. The molecule has 1 aromatic rings. The largest absolute Gasteiger partial charge is 0.493 e. The van der Waals surface area contributed by atoms with Gasteiger partial charge in [-0.05, 0) is 46.5 Å². The Labute approximate surface area is 97.7 Å². The van der Waals surface area contributed by atoms with Crippen molar-refractivity contribution in [2.75, 3.05) is 14.2 Å². The molecule has 0 atom stereocenters.